The molecular weight excluding hydrogens is 286 g/mol. The van der Waals surface area contributed by atoms with Crippen LogP contribution in [-0.2, 0) is 10.0 Å². The number of hydrogen-bond donors (Lipinski definition) is 1. The van der Waals surface area contributed by atoms with Gasteiger partial charge in [0.05, 0.1) is 11.3 Å². The van der Waals surface area contributed by atoms with Crippen LogP contribution in [0, 0.1) is 19.7 Å². The molecule has 0 saturated heterocycles. The molecule has 19 heavy (non-hydrogen) atoms. The van der Waals surface area contributed by atoms with Gasteiger partial charge in [0.15, 0.2) is 0 Å². The number of rotatable bonds is 4. The molecule has 108 valence electrons. The number of nitrogens with one attached hydrogen (secondary N) is 1. The zero-order valence-corrected chi connectivity index (χ0v) is 11.1. The zero-order valence-electron chi connectivity index (χ0n) is 10.3. The number of benzene rings is 1. The number of alkyl halides is 3. The van der Waals surface area contributed by atoms with Crippen molar-refractivity contribution in [2.24, 2.45) is 0 Å². The molecule has 1 aromatic rings. The van der Waals surface area contributed by atoms with Crippen LogP contribution in [0.1, 0.15) is 17.5 Å². The van der Waals surface area contributed by atoms with Crippen molar-refractivity contribution in [3.05, 3.63) is 29.1 Å². The Bertz CT molecular complexity index is 544. The predicted molar refractivity (Wildman–Crippen MR) is 61.7 cm³/mol. The minimum Gasteiger partial charge on any atom is -0.211 e. The molecular formula is C11H13F4NO2S. The molecule has 0 aromatic heterocycles. The summed E-state index contributed by atoms with van der Waals surface area (Å²) in [6.07, 6.45) is -5.69. The van der Waals surface area contributed by atoms with Gasteiger partial charge in [-0.1, -0.05) is 0 Å². The van der Waals surface area contributed by atoms with E-state index in [4.69, 9.17) is 0 Å². The molecule has 0 fully saturated rings. The summed E-state index contributed by atoms with van der Waals surface area (Å²) in [4.78, 5) is -0.184. The van der Waals surface area contributed by atoms with Crippen LogP contribution in [0.15, 0.2) is 17.0 Å². The van der Waals surface area contributed by atoms with Crippen LogP contribution in [-0.4, -0.2) is 21.1 Å². The van der Waals surface area contributed by atoms with Gasteiger partial charge in [-0.2, -0.15) is 13.2 Å². The maximum atomic E-state index is 13.0. The maximum absolute atomic E-state index is 13.0. The molecule has 1 aromatic carbocycles. The van der Waals surface area contributed by atoms with E-state index in [1.54, 1.807) is 0 Å². The molecule has 0 aliphatic carbocycles. The average molecular weight is 299 g/mol. The molecule has 0 saturated carbocycles. The summed E-state index contributed by atoms with van der Waals surface area (Å²) in [7, 11) is -4.08. The van der Waals surface area contributed by atoms with E-state index in [1.807, 2.05) is 4.72 Å². The molecule has 0 radical (unpaired) electrons. The highest BCUT2D eigenvalue weighted by molar-refractivity contribution is 7.89. The largest absolute Gasteiger partial charge is 0.390 e. The summed E-state index contributed by atoms with van der Waals surface area (Å²) in [6.45, 7) is 2.02. The van der Waals surface area contributed by atoms with Gasteiger partial charge in [0.2, 0.25) is 10.0 Å². The second-order valence-corrected chi connectivity index (χ2v) is 5.84. The van der Waals surface area contributed by atoms with Crippen LogP contribution < -0.4 is 4.72 Å². The van der Waals surface area contributed by atoms with E-state index >= 15 is 0 Å². The lowest BCUT2D eigenvalue weighted by atomic mass is 10.1. The standard InChI is InChI=1S/C11H13F4NO2S/c1-7-5-9(12)6-8(2)10(7)19(17,18)16-4-3-11(13,14)15/h5-6,16H,3-4H2,1-2H3. The second-order valence-electron chi connectivity index (χ2n) is 4.13. The Morgan fingerprint density at radius 3 is 2.05 bits per heavy atom. The molecule has 0 heterocycles. The molecule has 0 spiro atoms. The minimum atomic E-state index is -4.44. The average Bonchev–Trinajstić information content (AvgIpc) is 2.11. The Hall–Kier alpha value is -1.15. The number of hydrogen-bond acceptors (Lipinski definition) is 2. The zero-order chi connectivity index (χ0) is 14.8. The van der Waals surface area contributed by atoms with Crippen molar-refractivity contribution in [1.82, 2.24) is 4.72 Å². The SMILES string of the molecule is Cc1cc(F)cc(C)c1S(=O)(=O)NCCC(F)(F)F. The Morgan fingerprint density at radius 1 is 1.16 bits per heavy atom. The Kier molecular flexibility index (Phi) is 4.57. The van der Waals surface area contributed by atoms with Crippen molar-refractivity contribution in [3.8, 4) is 0 Å². The fraction of sp³-hybridized carbons (Fsp3) is 0.455. The molecule has 1 rings (SSSR count). The lowest BCUT2D eigenvalue weighted by Crippen LogP contribution is -2.29. The van der Waals surface area contributed by atoms with Crippen molar-refractivity contribution in [2.45, 2.75) is 31.3 Å². The Labute approximate surface area is 108 Å². The topological polar surface area (TPSA) is 46.2 Å². The van der Waals surface area contributed by atoms with Gasteiger partial charge in [-0.15, -0.1) is 0 Å². The summed E-state index contributed by atoms with van der Waals surface area (Å²) < 4.78 is 74.5. The molecule has 0 aliphatic rings. The predicted octanol–water partition coefficient (Wildman–Crippen LogP) is 2.67. The van der Waals surface area contributed by atoms with Crippen LogP contribution in [0.2, 0.25) is 0 Å². The summed E-state index contributed by atoms with van der Waals surface area (Å²) in [5.41, 5.74) is 0.300. The minimum absolute atomic E-state index is 0.150. The lowest BCUT2D eigenvalue weighted by Gasteiger charge is -2.13. The maximum Gasteiger partial charge on any atom is 0.390 e. The smallest absolute Gasteiger partial charge is 0.211 e. The quantitative estimate of drug-likeness (QED) is 0.869. The van der Waals surface area contributed by atoms with Gasteiger partial charge in [-0.05, 0) is 37.1 Å². The van der Waals surface area contributed by atoms with Crippen LogP contribution in [0.25, 0.3) is 0 Å². The first kappa shape index (κ1) is 15.9. The summed E-state index contributed by atoms with van der Waals surface area (Å²) in [5, 5.41) is 0. The highest BCUT2D eigenvalue weighted by Gasteiger charge is 2.28. The van der Waals surface area contributed by atoms with E-state index in [0.717, 1.165) is 12.1 Å². The molecule has 8 heteroatoms. The Morgan fingerprint density at radius 2 is 1.63 bits per heavy atom. The molecule has 0 amide bonds. The molecule has 1 N–H and O–H groups in total. The van der Waals surface area contributed by atoms with Gasteiger partial charge in [0.1, 0.15) is 5.82 Å². The Balaban J connectivity index is 2.96. The summed E-state index contributed by atoms with van der Waals surface area (Å²) >= 11 is 0. The van der Waals surface area contributed by atoms with Crippen molar-refractivity contribution in [3.63, 3.8) is 0 Å². The van der Waals surface area contributed by atoms with E-state index in [2.05, 4.69) is 0 Å². The number of sulfonamides is 1. The normalized spacial score (nSPS) is 12.7. The van der Waals surface area contributed by atoms with Crippen molar-refractivity contribution in [2.75, 3.05) is 6.54 Å². The van der Waals surface area contributed by atoms with Gasteiger partial charge in [-0.25, -0.2) is 17.5 Å². The fourth-order valence-electron chi connectivity index (χ4n) is 1.72. The van der Waals surface area contributed by atoms with Gasteiger partial charge < -0.3 is 0 Å². The first-order valence-electron chi connectivity index (χ1n) is 5.36. The van der Waals surface area contributed by atoms with E-state index < -0.39 is 35.0 Å². The van der Waals surface area contributed by atoms with Crippen molar-refractivity contribution < 1.29 is 26.0 Å². The first-order chi connectivity index (χ1) is 8.53. The molecule has 0 unspecified atom stereocenters. The van der Waals surface area contributed by atoms with E-state index in [9.17, 15) is 26.0 Å². The number of aryl methyl sites for hydroxylation is 2. The first-order valence-corrected chi connectivity index (χ1v) is 6.84. The van der Waals surface area contributed by atoms with Crippen molar-refractivity contribution >= 4 is 10.0 Å². The highest BCUT2D eigenvalue weighted by Crippen LogP contribution is 2.22. The van der Waals surface area contributed by atoms with E-state index in [-0.39, 0.29) is 16.0 Å². The summed E-state index contributed by atoms with van der Waals surface area (Å²) in [5.74, 6) is -0.593. The fourth-order valence-corrected chi connectivity index (χ4v) is 3.20. The van der Waals surface area contributed by atoms with Crippen molar-refractivity contribution in [1.29, 1.82) is 0 Å². The van der Waals surface area contributed by atoms with Crippen LogP contribution in [0.5, 0.6) is 0 Å². The van der Waals surface area contributed by atoms with Crippen LogP contribution in [0.3, 0.4) is 0 Å². The van der Waals surface area contributed by atoms with Gasteiger partial charge >= 0.3 is 6.18 Å². The summed E-state index contributed by atoms with van der Waals surface area (Å²) in [6, 6.07) is 2.04. The van der Waals surface area contributed by atoms with Crippen LogP contribution in [0.4, 0.5) is 17.6 Å². The second kappa shape index (κ2) is 5.46. The highest BCUT2D eigenvalue weighted by atomic mass is 32.2. The van der Waals surface area contributed by atoms with Crippen LogP contribution >= 0.6 is 0 Å². The monoisotopic (exact) mass is 299 g/mol. The molecule has 0 bridgehead atoms. The van der Waals surface area contributed by atoms with Gasteiger partial charge in [-0.3, -0.25) is 0 Å². The van der Waals surface area contributed by atoms with Gasteiger partial charge in [0, 0.05) is 6.54 Å². The lowest BCUT2D eigenvalue weighted by molar-refractivity contribution is -0.132. The third kappa shape index (κ3) is 4.46. The molecule has 3 nitrogen and oxygen atoms in total. The molecule has 0 aliphatic heterocycles. The third-order valence-corrected chi connectivity index (χ3v) is 4.16. The van der Waals surface area contributed by atoms with Gasteiger partial charge in [0.25, 0.3) is 0 Å². The number of halogens is 4. The van der Waals surface area contributed by atoms with E-state index in [0.29, 0.717) is 0 Å². The van der Waals surface area contributed by atoms with E-state index in [1.165, 1.54) is 13.8 Å². The molecule has 0 atom stereocenters. The third-order valence-electron chi connectivity index (χ3n) is 2.39.